The second-order valence-corrected chi connectivity index (χ2v) is 9.03. The molecule has 0 radical (unpaired) electrons. The van der Waals surface area contributed by atoms with E-state index in [4.69, 9.17) is 0 Å². The van der Waals surface area contributed by atoms with Crippen molar-refractivity contribution in [3.05, 3.63) is 16.3 Å². The smallest absolute Gasteiger partial charge is 0.345 e. The largest absolute Gasteiger partial charge is 0.356 e. The van der Waals surface area contributed by atoms with Crippen molar-refractivity contribution in [1.82, 2.24) is 29.9 Å². The Morgan fingerprint density at radius 2 is 1.77 bits per heavy atom. The van der Waals surface area contributed by atoms with E-state index in [2.05, 4.69) is 39.5 Å². The zero-order valence-electron chi connectivity index (χ0n) is 19.6. The predicted molar refractivity (Wildman–Crippen MR) is 137 cm³/mol. The van der Waals surface area contributed by atoms with Crippen molar-refractivity contribution in [2.45, 2.75) is 84.3 Å². The summed E-state index contributed by atoms with van der Waals surface area (Å²) in [7, 11) is 1.82. The molecule has 3 heterocycles. The SMILES string of the molecule is CN=C(NCCCn1nc2n(c1=O)CCCC2)NCC(C(C)C)N1CCCCCC1.I. The van der Waals surface area contributed by atoms with Gasteiger partial charge in [-0.15, -0.1) is 24.0 Å². The van der Waals surface area contributed by atoms with E-state index >= 15 is 0 Å². The van der Waals surface area contributed by atoms with Crippen molar-refractivity contribution in [2.24, 2.45) is 10.9 Å². The number of guanidine groups is 1. The van der Waals surface area contributed by atoms with Crippen LogP contribution in [0.3, 0.4) is 0 Å². The summed E-state index contributed by atoms with van der Waals surface area (Å²) in [4.78, 5) is 19.5. The van der Waals surface area contributed by atoms with E-state index in [1.165, 1.54) is 38.8 Å². The van der Waals surface area contributed by atoms with Gasteiger partial charge in [-0.25, -0.2) is 9.48 Å². The van der Waals surface area contributed by atoms with Crippen molar-refractivity contribution in [1.29, 1.82) is 0 Å². The van der Waals surface area contributed by atoms with E-state index in [0.29, 0.717) is 18.5 Å². The third-order valence-corrected chi connectivity index (χ3v) is 6.45. The van der Waals surface area contributed by atoms with Crippen LogP contribution >= 0.6 is 24.0 Å². The molecule has 0 aromatic carbocycles. The van der Waals surface area contributed by atoms with Gasteiger partial charge in [0.05, 0.1) is 0 Å². The van der Waals surface area contributed by atoms with Crippen LogP contribution in [0.15, 0.2) is 9.79 Å². The number of halogens is 1. The molecule has 0 spiro atoms. The number of nitrogens with zero attached hydrogens (tertiary/aromatic N) is 5. The van der Waals surface area contributed by atoms with Crippen LogP contribution in [0.4, 0.5) is 0 Å². The molecule has 2 aliphatic heterocycles. The highest BCUT2D eigenvalue weighted by molar-refractivity contribution is 14.0. The molecule has 2 aliphatic rings. The fourth-order valence-corrected chi connectivity index (χ4v) is 4.66. The fraction of sp³-hybridized carbons (Fsp3) is 0.864. The second kappa shape index (κ2) is 13.4. The van der Waals surface area contributed by atoms with Crippen LogP contribution in [-0.2, 0) is 19.5 Å². The highest BCUT2D eigenvalue weighted by Gasteiger charge is 2.23. The van der Waals surface area contributed by atoms with Crippen molar-refractivity contribution in [3.8, 4) is 0 Å². The molecule has 31 heavy (non-hydrogen) atoms. The van der Waals surface area contributed by atoms with Crippen molar-refractivity contribution >= 4 is 29.9 Å². The van der Waals surface area contributed by atoms with Crippen LogP contribution in [0.1, 0.15) is 64.6 Å². The first-order valence-electron chi connectivity index (χ1n) is 11.9. The third kappa shape index (κ3) is 7.47. The van der Waals surface area contributed by atoms with E-state index in [9.17, 15) is 4.79 Å². The molecule has 0 bridgehead atoms. The van der Waals surface area contributed by atoms with Crippen LogP contribution in [-0.4, -0.2) is 64.5 Å². The third-order valence-electron chi connectivity index (χ3n) is 6.45. The standard InChI is InChI=1S/C22H41N7O.HI/c1-18(2)19(27-13-7-4-5-8-14-27)17-25-21(23-3)24-12-10-16-29-22(30)28-15-9-6-11-20(28)26-29;/h18-19H,4-17H2,1-3H3,(H2,23,24,25);1H. The molecule has 1 saturated heterocycles. The highest BCUT2D eigenvalue weighted by atomic mass is 127. The number of fused-ring (bicyclic) bond motifs is 1. The normalized spacial score (nSPS) is 18.8. The summed E-state index contributed by atoms with van der Waals surface area (Å²) in [5.41, 5.74) is 0.0458. The van der Waals surface area contributed by atoms with E-state index in [0.717, 1.165) is 57.1 Å². The number of nitrogens with one attached hydrogen (secondary N) is 2. The van der Waals surface area contributed by atoms with Gasteiger partial charge in [0.2, 0.25) is 0 Å². The molecule has 0 aliphatic carbocycles. The summed E-state index contributed by atoms with van der Waals surface area (Å²) in [5.74, 6) is 2.39. The monoisotopic (exact) mass is 547 g/mol. The molecule has 3 rings (SSSR count). The molecular weight excluding hydrogens is 505 g/mol. The lowest BCUT2D eigenvalue weighted by Crippen LogP contribution is -2.49. The molecule has 178 valence electrons. The Labute approximate surface area is 204 Å². The molecule has 1 unspecified atom stereocenters. The lowest BCUT2D eigenvalue weighted by atomic mass is 10.0. The first-order chi connectivity index (χ1) is 14.6. The number of hydrogen-bond donors (Lipinski definition) is 2. The molecule has 0 saturated carbocycles. The highest BCUT2D eigenvalue weighted by Crippen LogP contribution is 2.17. The molecular formula is C22H42IN7O. The number of aryl methyl sites for hydroxylation is 2. The predicted octanol–water partition coefficient (Wildman–Crippen LogP) is 2.45. The van der Waals surface area contributed by atoms with Crippen LogP contribution in [0.25, 0.3) is 0 Å². The molecule has 1 fully saturated rings. The first kappa shape index (κ1) is 26.2. The van der Waals surface area contributed by atoms with Crippen LogP contribution < -0.4 is 16.3 Å². The Hall–Kier alpha value is -1.10. The van der Waals surface area contributed by atoms with Gasteiger partial charge in [0, 0.05) is 45.7 Å². The van der Waals surface area contributed by atoms with Crippen LogP contribution in [0.5, 0.6) is 0 Å². The quantitative estimate of drug-likeness (QED) is 0.226. The molecule has 9 heteroatoms. The summed E-state index contributed by atoms with van der Waals surface area (Å²) in [5, 5.41) is 11.4. The summed E-state index contributed by atoms with van der Waals surface area (Å²) in [6, 6.07) is 0.525. The van der Waals surface area contributed by atoms with Crippen LogP contribution in [0, 0.1) is 5.92 Å². The second-order valence-electron chi connectivity index (χ2n) is 9.03. The Bertz CT molecular complexity index is 735. The number of aliphatic imine (C=N–C) groups is 1. The van der Waals surface area contributed by atoms with Crippen molar-refractivity contribution in [3.63, 3.8) is 0 Å². The lowest BCUT2D eigenvalue weighted by Gasteiger charge is -2.34. The van der Waals surface area contributed by atoms with Gasteiger partial charge in [-0.3, -0.25) is 14.5 Å². The first-order valence-corrected chi connectivity index (χ1v) is 11.9. The molecule has 1 aromatic rings. The minimum absolute atomic E-state index is 0. The molecule has 1 aromatic heterocycles. The lowest BCUT2D eigenvalue weighted by molar-refractivity contribution is 0.161. The topological polar surface area (TPSA) is 79.5 Å². The van der Waals surface area contributed by atoms with Gasteiger partial charge >= 0.3 is 5.69 Å². The number of aromatic nitrogens is 3. The average Bonchev–Trinajstić information content (AvgIpc) is 2.91. The molecule has 2 N–H and O–H groups in total. The zero-order chi connectivity index (χ0) is 21.3. The van der Waals surface area contributed by atoms with Crippen molar-refractivity contribution < 1.29 is 0 Å². The van der Waals surface area contributed by atoms with E-state index < -0.39 is 0 Å². The van der Waals surface area contributed by atoms with Gasteiger partial charge < -0.3 is 10.6 Å². The molecule has 8 nitrogen and oxygen atoms in total. The number of hydrogen-bond acceptors (Lipinski definition) is 4. The Morgan fingerprint density at radius 3 is 2.42 bits per heavy atom. The maximum Gasteiger partial charge on any atom is 0.345 e. The minimum Gasteiger partial charge on any atom is -0.356 e. The Balaban J connectivity index is 0.00000341. The molecule has 1 atom stereocenters. The van der Waals surface area contributed by atoms with Gasteiger partial charge in [0.25, 0.3) is 0 Å². The maximum absolute atomic E-state index is 12.4. The van der Waals surface area contributed by atoms with Gasteiger partial charge in [0.15, 0.2) is 5.96 Å². The van der Waals surface area contributed by atoms with E-state index in [-0.39, 0.29) is 29.7 Å². The van der Waals surface area contributed by atoms with E-state index in [1.807, 2.05) is 11.6 Å². The summed E-state index contributed by atoms with van der Waals surface area (Å²) in [6.07, 6.45) is 9.33. The van der Waals surface area contributed by atoms with E-state index in [1.54, 1.807) is 4.68 Å². The van der Waals surface area contributed by atoms with Gasteiger partial charge in [-0.1, -0.05) is 26.7 Å². The average molecular weight is 548 g/mol. The summed E-state index contributed by atoms with van der Waals surface area (Å²) < 4.78 is 3.47. The van der Waals surface area contributed by atoms with Gasteiger partial charge in [-0.2, -0.15) is 5.10 Å². The Morgan fingerprint density at radius 1 is 1.06 bits per heavy atom. The molecule has 0 amide bonds. The number of likely N-dealkylation sites (tertiary alicyclic amines) is 1. The Kier molecular flexibility index (Phi) is 11.3. The minimum atomic E-state index is 0. The van der Waals surface area contributed by atoms with Crippen LogP contribution in [0.2, 0.25) is 0 Å². The number of rotatable bonds is 8. The fourth-order valence-electron chi connectivity index (χ4n) is 4.66. The van der Waals surface area contributed by atoms with Gasteiger partial charge in [0.1, 0.15) is 5.82 Å². The summed E-state index contributed by atoms with van der Waals surface area (Å²) in [6.45, 7) is 10.2. The zero-order valence-corrected chi connectivity index (χ0v) is 21.9. The summed E-state index contributed by atoms with van der Waals surface area (Å²) >= 11 is 0. The van der Waals surface area contributed by atoms with Crippen molar-refractivity contribution in [2.75, 3.05) is 33.2 Å². The maximum atomic E-state index is 12.4. The van der Waals surface area contributed by atoms with Gasteiger partial charge in [-0.05, 0) is 51.1 Å².